The average molecular weight is 359 g/mol. The molecular weight excluding hydrogens is 346 g/mol. The van der Waals surface area contributed by atoms with Crippen LogP contribution in [0.25, 0.3) is 0 Å². The third-order valence-corrected chi connectivity index (χ3v) is 3.62. The maximum atomic E-state index is 12.7. The predicted octanol–water partition coefficient (Wildman–Crippen LogP) is 4.22. The fourth-order valence-electron chi connectivity index (χ4n) is 1.33. The summed E-state index contributed by atoms with van der Waals surface area (Å²) >= 11 is 8.64. The number of carbonyl (C=O) groups is 1. The highest BCUT2D eigenvalue weighted by atomic mass is 79.9. The molecular formula is C12H12BrClF3NO. The first-order chi connectivity index (χ1) is 8.75. The molecule has 0 bridgehead atoms. The van der Waals surface area contributed by atoms with E-state index in [-0.39, 0.29) is 22.0 Å². The van der Waals surface area contributed by atoms with Crippen molar-refractivity contribution < 1.29 is 18.0 Å². The molecule has 106 valence electrons. The molecule has 0 aliphatic heterocycles. The van der Waals surface area contributed by atoms with Crippen molar-refractivity contribution >= 4 is 33.4 Å². The third kappa shape index (κ3) is 4.69. The number of hydrogen-bond donors (Lipinski definition) is 1. The lowest BCUT2D eigenvalue weighted by Gasteiger charge is -2.12. The molecule has 1 unspecified atom stereocenters. The van der Waals surface area contributed by atoms with Gasteiger partial charge in [-0.05, 0) is 24.6 Å². The molecule has 0 saturated carbocycles. The fraction of sp³-hybridized carbons (Fsp3) is 0.417. The van der Waals surface area contributed by atoms with Crippen LogP contribution in [0.1, 0.15) is 29.3 Å². The van der Waals surface area contributed by atoms with Crippen molar-refractivity contribution in [2.45, 2.75) is 24.9 Å². The van der Waals surface area contributed by atoms with Crippen LogP contribution in [0.2, 0.25) is 0 Å². The van der Waals surface area contributed by atoms with Crippen LogP contribution in [0, 0.1) is 0 Å². The Balaban J connectivity index is 2.87. The van der Waals surface area contributed by atoms with E-state index in [1.807, 2.05) is 6.92 Å². The van der Waals surface area contributed by atoms with E-state index in [0.29, 0.717) is 6.42 Å². The van der Waals surface area contributed by atoms with Crippen molar-refractivity contribution in [3.8, 4) is 0 Å². The maximum Gasteiger partial charge on any atom is 0.417 e. The zero-order valence-electron chi connectivity index (χ0n) is 10.0. The Hall–Kier alpha value is -0.750. The van der Waals surface area contributed by atoms with Gasteiger partial charge in [0.15, 0.2) is 0 Å². The van der Waals surface area contributed by atoms with Crippen molar-refractivity contribution in [1.29, 1.82) is 0 Å². The quantitative estimate of drug-likeness (QED) is 0.803. The molecule has 0 fully saturated rings. The number of alkyl halides is 4. The summed E-state index contributed by atoms with van der Waals surface area (Å²) in [5, 5.41) is 2.26. The van der Waals surface area contributed by atoms with E-state index in [1.54, 1.807) is 0 Å². The highest BCUT2D eigenvalue weighted by molar-refractivity contribution is 9.10. The number of carbonyl (C=O) groups excluding carboxylic acids is 1. The molecule has 0 aliphatic rings. The zero-order chi connectivity index (χ0) is 14.6. The third-order valence-electron chi connectivity index (χ3n) is 2.46. The van der Waals surface area contributed by atoms with Crippen LogP contribution in [-0.2, 0) is 6.18 Å². The van der Waals surface area contributed by atoms with Crippen molar-refractivity contribution in [3.05, 3.63) is 33.8 Å². The van der Waals surface area contributed by atoms with E-state index in [4.69, 9.17) is 11.6 Å². The summed E-state index contributed by atoms with van der Waals surface area (Å²) < 4.78 is 37.9. The van der Waals surface area contributed by atoms with E-state index in [1.165, 1.54) is 12.1 Å². The fourth-order valence-corrected chi connectivity index (χ4v) is 1.88. The normalized spacial score (nSPS) is 13.2. The first-order valence-electron chi connectivity index (χ1n) is 5.54. The van der Waals surface area contributed by atoms with E-state index in [0.717, 1.165) is 6.07 Å². The molecule has 19 heavy (non-hydrogen) atoms. The lowest BCUT2D eigenvalue weighted by molar-refractivity contribution is -0.138. The highest BCUT2D eigenvalue weighted by Crippen LogP contribution is 2.35. The Bertz CT molecular complexity index is 465. The Morgan fingerprint density at radius 2 is 2.11 bits per heavy atom. The van der Waals surface area contributed by atoms with Gasteiger partial charge in [-0.1, -0.05) is 22.9 Å². The highest BCUT2D eigenvalue weighted by Gasteiger charge is 2.33. The van der Waals surface area contributed by atoms with Gasteiger partial charge in [0.1, 0.15) is 0 Å². The molecule has 0 aromatic heterocycles. The number of amides is 1. The van der Waals surface area contributed by atoms with Crippen LogP contribution in [0.15, 0.2) is 22.7 Å². The molecule has 0 spiro atoms. The van der Waals surface area contributed by atoms with Crippen molar-refractivity contribution in [2.75, 3.05) is 6.54 Å². The molecule has 1 N–H and O–H groups in total. The summed E-state index contributed by atoms with van der Waals surface area (Å²) in [5.74, 6) is -0.572. The smallest absolute Gasteiger partial charge is 0.351 e. The Morgan fingerprint density at radius 1 is 1.47 bits per heavy atom. The van der Waals surface area contributed by atoms with E-state index >= 15 is 0 Å². The second-order valence-corrected chi connectivity index (χ2v) is 5.38. The van der Waals surface area contributed by atoms with Gasteiger partial charge in [0.2, 0.25) is 0 Å². The van der Waals surface area contributed by atoms with Crippen LogP contribution < -0.4 is 5.32 Å². The summed E-state index contributed by atoms with van der Waals surface area (Å²) in [6.07, 6.45) is -3.84. The van der Waals surface area contributed by atoms with Gasteiger partial charge in [-0.25, -0.2) is 0 Å². The van der Waals surface area contributed by atoms with Crippen molar-refractivity contribution in [1.82, 2.24) is 5.32 Å². The first-order valence-corrected chi connectivity index (χ1v) is 6.77. The minimum atomic E-state index is -4.51. The van der Waals surface area contributed by atoms with Crippen LogP contribution in [0.4, 0.5) is 13.2 Å². The monoisotopic (exact) mass is 357 g/mol. The Morgan fingerprint density at radius 3 is 2.63 bits per heavy atom. The standard InChI is InChI=1S/C12H12BrClF3NO/c1-2-8(14)6-18-11(19)7-3-4-10(13)9(5-7)12(15,16)17/h3-5,8H,2,6H2,1H3,(H,18,19). The minimum Gasteiger partial charge on any atom is -0.351 e. The average Bonchev–Trinajstić information content (AvgIpc) is 2.34. The molecule has 1 aromatic carbocycles. The predicted molar refractivity (Wildman–Crippen MR) is 71.4 cm³/mol. The molecule has 0 heterocycles. The number of hydrogen-bond acceptors (Lipinski definition) is 1. The summed E-state index contributed by atoms with van der Waals surface area (Å²) in [4.78, 5) is 11.7. The van der Waals surface area contributed by atoms with Gasteiger partial charge in [-0.3, -0.25) is 4.79 Å². The van der Waals surface area contributed by atoms with Gasteiger partial charge in [-0.15, -0.1) is 11.6 Å². The van der Waals surface area contributed by atoms with E-state index in [9.17, 15) is 18.0 Å². The minimum absolute atomic E-state index is 0.0458. The van der Waals surface area contributed by atoms with Gasteiger partial charge >= 0.3 is 6.18 Å². The molecule has 0 saturated heterocycles. The van der Waals surface area contributed by atoms with E-state index in [2.05, 4.69) is 21.2 Å². The topological polar surface area (TPSA) is 29.1 Å². The van der Waals surface area contributed by atoms with Crippen LogP contribution in [0.5, 0.6) is 0 Å². The number of rotatable bonds is 4. The largest absolute Gasteiger partial charge is 0.417 e. The molecule has 0 aliphatic carbocycles. The maximum absolute atomic E-state index is 12.7. The van der Waals surface area contributed by atoms with E-state index < -0.39 is 17.6 Å². The SMILES string of the molecule is CCC(Cl)CNC(=O)c1ccc(Br)c(C(F)(F)F)c1. The summed E-state index contributed by atoms with van der Waals surface area (Å²) in [5.41, 5.74) is -0.923. The molecule has 1 amide bonds. The van der Waals surface area contributed by atoms with Gasteiger partial charge in [0, 0.05) is 16.6 Å². The summed E-state index contributed by atoms with van der Waals surface area (Å²) in [6, 6.07) is 3.34. The zero-order valence-corrected chi connectivity index (χ0v) is 12.4. The van der Waals surface area contributed by atoms with Crippen molar-refractivity contribution in [3.63, 3.8) is 0 Å². The van der Waals surface area contributed by atoms with Crippen LogP contribution >= 0.6 is 27.5 Å². The second-order valence-electron chi connectivity index (χ2n) is 3.91. The molecule has 1 atom stereocenters. The Labute approximate surface area is 122 Å². The van der Waals surface area contributed by atoms with Gasteiger partial charge in [0.05, 0.1) is 10.9 Å². The lowest BCUT2D eigenvalue weighted by atomic mass is 10.1. The number of nitrogens with one attached hydrogen (secondary N) is 1. The number of benzene rings is 1. The molecule has 1 aromatic rings. The van der Waals surface area contributed by atoms with Gasteiger partial charge in [0.25, 0.3) is 5.91 Å². The number of halogens is 5. The summed E-state index contributed by atoms with van der Waals surface area (Å²) in [7, 11) is 0. The molecule has 0 radical (unpaired) electrons. The first kappa shape index (κ1) is 16.3. The molecule has 2 nitrogen and oxygen atoms in total. The van der Waals surface area contributed by atoms with Crippen LogP contribution in [0.3, 0.4) is 0 Å². The van der Waals surface area contributed by atoms with Crippen molar-refractivity contribution in [2.24, 2.45) is 0 Å². The molecule has 7 heteroatoms. The van der Waals surface area contributed by atoms with Gasteiger partial charge < -0.3 is 5.32 Å². The Kier molecular flexibility index (Phi) is 5.67. The lowest BCUT2D eigenvalue weighted by Crippen LogP contribution is -2.29. The van der Waals surface area contributed by atoms with Crippen LogP contribution in [-0.4, -0.2) is 17.8 Å². The second kappa shape index (κ2) is 6.61. The summed E-state index contributed by atoms with van der Waals surface area (Å²) in [6.45, 7) is 2.07. The molecule has 1 rings (SSSR count). The van der Waals surface area contributed by atoms with Gasteiger partial charge in [-0.2, -0.15) is 13.2 Å².